The average molecular weight is 451 g/mol. The molecule has 3 N–H and O–H groups in total. The second kappa shape index (κ2) is 9.36. The standard InChI is InChI=1S/C18H21N5O.HI/c19-18(22-16-4-1-2-10-20-16)21-12-14-6-8-15(9-7-14)13-23-11-3-5-17(23)24;/h1-2,4,6-10H,3,5,11-13H2,(H3,19,20,21,22);1H. The van der Waals surface area contributed by atoms with Crippen LogP contribution in [0, 0.1) is 0 Å². The lowest BCUT2D eigenvalue weighted by Crippen LogP contribution is -2.23. The largest absolute Gasteiger partial charge is 0.370 e. The zero-order valence-electron chi connectivity index (χ0n) is 13.9. The van der Waals surface area contributed by atoms with Crippen molar-refractivity contribution in [2.45, 2.75) is 25.9 Å². The zero-order valence-corrected chi connectivity index (χ0v) is 16.2. The molecule has 7 heteroatoms. The molecular formula is C18H22IN5O. The SMILES string of the molecule is I.NC(=NCc1ccc(CN2CCCC2=O)cc1)Nc1ccccn1. The van der Waals surface area contributed by atoms with Gasteiger partial charge in [0, 0.05) is 25.7 Å². The van der Waals surface area contributed by atoms with Gasteiger partial charge < -0.3 is 16.0 Å². The number of nitrogens with two attached hydrogens (primary N) is 1. The molecule has 25 heavy (non-hydrogen) atoms. The highest BCUT2D eigenvalue weighted by Gasteiger charge is 2.19. The molecule has 0 aliphatic carbocycles. The van der Waals surface area contributed by atoms with Crippen molar-refractivity contribution in [3.63, 3.8) is 0 Å². The molecule has 6 nitrogen and oxygen atoms in total. The molecule has 1 amide bonds. The number of aromatic nitrogens is 1. The number of benzene rings is 1. The second-order valence-electron chi connectivity index (χ2n) is 5.78. The average Bonchev–Trinajstić information content (AvgIpc) is 3.00. The van der Waals surface area contributed by atoms with Crippen LogP contribution < -0.4 is 11.1 Å². The van der Waals surface area contributed by atoms with E-state index < -0.39 is 0 Å². The van der Waals surface area contributed by atoms with Gasteiger partial charge in [0.1, 0.15) is 5.82 Å². The van der Waals surface area contributed by atoms with E-state index >= 15 is 0 Å². The van der Waals surface area contributed by atoms with Gasteiger partial charge in [0.05, 0.1) is 6.54 Å². The van der Waals surface area contributed by atoms with E-state index in [9.17, 15) is 4.79 Å². The highest BCUT2D eigenvalue weighted by Crippen LogP contribution is 2.15. The maximum Gasteiger partial charge on any atom is 0.222 e. The predicted octanol–water partition coefficient (Wildman–Crippen LogP) is 2.75. The topological polar surface area (TPSA) is 83.6 Å². The number of hydrogen-bond acceptors (Lipinski definition) is 3. The molecule has 1 aromatic heterocycles. The number of carbonyl (C=O) groups is 1. The number of hydrogen-bond donors (Lipinski definition) is 2. The first-order valence-electron chi connectivity index (χ1n) is 8.04. The molecule has 2 heterocycles. The Hall–Kier alpha value is -2.16. The Morgan fingerprint density at radius 3 is 2.60 bits per heavy atom. The number of halogens is 1. The summed E-state index contributed by atoms with van der Waals surface area (Å²) in [6, 6.07) is 13.7. The van der Waals surface area contributed by atoms with Crippen molar-refractivity contribution >= 4 is 41.7 Å². The lowest BCUT2D eigenvalue weighted by Gasteiger charge is -2.15. The summed E-state index contributed by atoms with van der Waals surface area (Å²) in [6.07, 6.45) is 3.34. The van der Waals surface area contributed by atoms with E-state index in [1.54, 1.807) is 6.20 Å². The van der Waals surface area contributed by atoms with Gasteiger partial charge in [-0.1, -0.05) is 30.3 Å². The van der Waals surface area contributed by atoms with Crippen molar-refractivity contribution in [2.75, 3.05) is 11.9 Å². The maximum atomic E-state index is 11.7. The summed E-state index contributed by atoms with van der Waals surface area (Å²) in [5.41, 5.74) is 8.07. The van der Waals surface area contributed by atoms with E-state index in [0.717, 1.165) is 24.1 Å². The number of nitrogens with one attached hydrogen (secondary N) is 1. The van der Waals surface area contributed by atoms with Crippen molar-refractivity contribution in [3.05, 3.63) is 59.8 Å². The number of rotatable bonds is 5. The third-order valence-corrected chi connectivity index (χ3v) is 3.92. The van der Waals surface area contributed by atoms with Crippen molar-refractivity contribution in [2.24, 2.45) is 10.7 Å². The normalized spacial score (nSPS) is 14.3. The summed E-state index contributed by atoms with van der Waals surface area (Å²) in [6.45, 7) is 2.04. The molecule has 3 rings (SSSR count). The zero-order chi connectivity index (χ0) is 16.8. The summed E-state index contributed by atoms with van der Waals surface area (Å²) in [5.74, 6) is 1.25. The Labute approximate surface area is 164 Å². The quantitative estimate of drug-likeness (QED) is 0.416. The highest BCUT2D eigenvalue weighted by molar-refractivity contribution is 14.0. The second-order valence-corrected chi connectivity index (χ2v) is 5.78. The van der Waals surface area contributed by atoms with Crippen LogP contribution >= 0.6 is 24.0 Å². The first kappa shape index (κ1) is 19.2. The lowest BCUT2D eigenvalue weighted by molar-refractivity contribution is -0.128. The van der Waals surface area contributed by atoms with E-state index in [0.29, 0.717) is 31.3 Å². The molecule has 1 saturated heterocycles. The number of nitrogens with zero attached hydrogens (tertiary/aromatic N) is 3. The molecule has 132 valence electrons. The summed E-state index contributed by atoms with van der Waals surface area (Å²) in [5, 5.41) is 2.95. The molecule has 0 radical (unpaired) electrons. The maximum absolute atomic E-state index is 11.7. The van der Waals surface area contributed by atoms with Crippen molar-refractivity contribution < 1.29 is 4.79 Å². The van der Waals surface area contributed by atoms with Crippen LogP contribution in [0.15, 0.2) is 53.7 Å². The summed E-state index contributed by atoms with van der Waals surface area (Å²) in [7, 11) is 0. The molecule has 0 spiro atoms. The number of carbonyl (C=O) groups excluding carboxylic acids is 1. The molecule has 1 aliphatic rings. The van der Waals surface area contributed by atoms with Gasteiger partial charge in [-0.2, -0.15) is 0 Å². The fraction of sp³-hybridized carbons (Fsp3) is 0.278. The third kappa shape index (κ3) is 5.70. The minimum absolute atomic E-state index is 0. The van der Waals surface area contributed by atoms with Crippen molar-refractivity contribution in [3.8, 4) is 0 Å². The molecule has 1 aliphatic heterocycles. The Morgan fingerprint density at radius 2 is 1.96 bits per heavy atom. The third-order valence-electron chi connectivity index (χ3n) is 3.92. The monoisotopic (exact) mass is 451 g/mol. The van der Waals surface area contributed by atoms with Crippen LogP contribution in [0.2, 0.25) is 0 Å². The number of anilines is 1. The molecule has 0 atom stereocenters. The molecule has 0 saturated carbocycles. The number of guanidine groups is 1. The van der Waals surface area contributed by atoms with E-state index in [1.807, 2.05) is 47.4 Å². The number of amides is 1. The van der Waals surface area contributed by atoms with Gasteiger partial charge in [0.25, 0.3) is 0 Å². The van der Waals surface area contributed by atoms with Crippen molar-refractivity contribution in [1.29, 1.82) is 0 Å². The minimum atomic E-state index is 0. The van der Waals surface area contributed by atoms with Gasteiger partial charge in [-0.15, -0.1) is 24.0 Å². The molecular weight excluding hydrogens is 429 g/mol. The van der Waals surface area contributed by atoms with E-state index in [1.165, 1.54) is 0 Å². The first-order valence-corrected chi connectivity index (χ1v) is 8.04. The Balaban J connectivity index is 0.00000225. The number of pyridine rings is 1. The first-order chi connectivity index (χ1) is 11.7. The van der Waals surface area contributed by atoms with Gasteiger partial charge in [-0.25, -0.2) is 9.98 Å². The van der Waals surface area contributed by atoms with Crippen LogP contribution in [-0.2, 0) is 17.9 Å². The van der Waals surface area contributed by atoms with Crippen LogP contribution in [0.4, 0.5) is 5.82 Å². The van der Waals surface area contributed by atoms with Gasteiger partial charge in [-0.05, 0) is 29.7 Å². The smallest absolute Gasteiger partial charge is 0.222 e. The Kier molecular flexibility index (Phi) is 7.17. The van der Waals surface area contributed by atoms with Crippen LogP contribution in [0.25, 0.3) is 0 Å². The fourth-order valence-electron chi connectivity index (χ4n) is 2.63. The Bertz CT molecular complexity index is 718. The van der Waals surface area contributed by atoms with Crippen LogP contribution in [0.5, 0.6) is 0 Å². The van der Waals surface area contributed by atoms with Crippen LogP contribution in [0.3, 0.4) is 0 Å². The lowest BCUT2D eigenvalue weighted by atomic mass is 10.1. The number of aliphatic imine (C=N–C) groups is 1. The number of likely N-dealkylation sites (tertiary alicyclic amines) is 1. The van der Waals surface area contributed by atoms with Crippen LogP contribution in [-0.4, -0.2) is 28.3 Å². The predicted molar refractivity (Wildman–Crippen MR) is 110 cm³/mol. The molecule has 0 unspecified atom stereocenters. The van der Waals surface area contributed by atoms with Crippen molar-refractivity contribution in [1.82, 2.24) is 9.88 Å². The fourth-order valence-corrected chi connectivity index (χ4v) is 2.63. The highest BCUT2D eigenvalue weighted by atomic mass is 127. The minimum Gasteiger partial charge on any atom is -0.370 e. The summed E-state index contributed by atoms with van der Waals surface area (Å²) in [4.78, 5) is 22.0. The van der Waals surface area contributed by atoms with Gasteiger partial charge >= 0.3 is 0 Å². The van der Waals surface area contributed by atoms with Gasteiger partial charge in [-0.3, -0.25) is 4.79 Å². The molecule has 1 aromatic carbocycles. The van der Waals surface area contributed by atoms with E-state index in [-0.39, 0.29) is 29.9 Å². The molecule has 2 aromatic rings. The Morgan fingerprint density at radius 1 is 1.20 bits per heavy atom. The van der Waals surface area contributed by atoms with E-state index in [4.69, 9.17) is 5.73 Å². The van der Waals surface area contributed by atoms with Gasteiger partial charge in [0.15, 0.2) is 5.96 Å². The van der Waals surface area contributed by atoms with Crippen LogP contribution in [0.1, 0.15) is 24.0 Å². The van der Waals surface area contributed by atoms with Gasteiger partial charge in [0.2, 0.25) is 5.91 Å². The van der Waals surface area contributed by atoms with E-state index in [2.05, 4.69) is 15.3 Å². The summed E-state index contributed by atoms with van der Waals surface area (Å²) >= 11 is 0. The molecule has 0 bridgehead atoms. The summed E-state index contributed by atoms with van der Waals surface area (Å²) < 4.78 is 0. The molecule has 1 fully saturated rings.